The maximum Gasteiger partial charge on any atom is 0.304 e. The molecule has 0 aliphatic carbocycles. The first kappa shape index (κ1) is 17.5. The number of likely N-dealkylation sites (N-methyl/N-ethyl adjacent to an activating group) is 1. The van der Waals surface area contributed by atoms with Gasteiger partial charge in [0, 0.05) is 12.6 Å². The van der Waals surface area contributed by atoms with Crippen LogP contribution < -0.4 is 4.74 Å². The molecule has 0 saturated carbocycles. The predicted octanol–water partition coefficient (Wildman–Crippen LogP) is 1.79. The smallest absolute Gasteiger partial charge is 0.304 e. The largest absolute Gasteiger partial charge is 0.494 e. The molecule has 0 saturated heterocycles. The van der Waals surface area contributed by atoms with E-state index in [1.165, 1.54) is 0 Å². The van der Waals surface area contributed by atoms with Crippen molar-refractivity contribution in [2.24, 2.45) is 0 Å². The van der Waals surface area contributed by atoms with E-state index < -0.39 is 5.97 Å². The number of hydrogen-bond acceptors (Lipinski definition) is 4. The number of carboxylic acids is 1. The molecule has 21 heavy (non-hydrogen) atoms. The van der Waals surface area contributed by atoms with Crippen molar-refractivity contribution in [2.75, 3.05) is 26.8 Å². The third kappa shape index (κ3) is 6.60. The molecule has 1 aromatic rings. The minimum atomic E-state index is -0.826. The van der Waals surface area contributed by atoms with Gasteiger partial charge in [0.15, 0.2) is 0 Å². The number of carboxylic acid groups (broad SMARTS) is 1. The van der Waals surface area contributed by atoms with E-state index in [0.29, 0.717) is 19.6 Å². The van der Waals surface area contributed by atoms with Crippen molar-refractivity contribution in [3.63, 3.8) is 0 Å². The summed E-state index contributed by atoms with van der Waals surface area (Å²) in [6, 6.07) is 7.63. The Morgan fingerprint density at radius 3 is 2.52 bits per heavy atom. The van der Waals surface area contributed by atoms with Gasteiger partial charge in [-0.2, -0.15) is 0 Å². The lowest BCUT2D eigenvalue weighted by atomic mass is 10.0. The van der Waals surface area contributed by atoms with E-state index >= 15 is 0 Å². The number of carbonyl (C=O) groups is 1. The zero-order valence-electron chi connectivity index (χ0n) is 12.8. The third-order valence-electron chi connectivity index (χ3n) is 3.35. The van der Waals surface area contributed by atoms with E-state index in [2.05, 4.69) is 6.92 Å². The minimum Gasteiger partial charge on any atom is -0.494 e. The summed E-state index contributed by atoms with van der Waals surface area (Å²) in [7, 11) is 1.84. The average molecular weight is 295 g/mol. The maximum atomic E-state index is 11.0. The van der Waals surface area contributed by atoms with E-state index in [-0.39, 0.29) is 19.1 Å². The number of benzene rings is 1. The van der Waals surface area contributed by atoms with Gasteiger partial charge in [0.2, 0.25) is 0 Å². The van der Waals surface area contributed by atoms with Gasteiger partial charge in [0.05, 0.1) is 19.6 Å². The van der Waals surface area contributed by atoms with Gasteiger partial charge >= 0.3 is 5.97 Å². The first-order valence-corrected chi connectivity index (χ1v) is 7.31. The van der Waals surface area contributed by atoms with Crippen molar-refractivity contribution in [3.05, 3.63) is 29.8 Å². The van der Waals surface area contributed by atoms with Crippen molar-refractivity contribution in [1.82, 2.24) is 4.90 Å². The Morgan fingerprint density at radius 1 is 1.33 bits per heavy atom. The Hall–Kier alpha value is -1.59. The number of aliphatic carboxylic acids is 1. The summed E-state index contributed by atoms with van der Waals surface area (Å²) in [6.07, 6.45) is 1.66. The molecule has 5 heteroatoms. The zero-order chi connectivity index (χ0) is 15.7. The van der Waals surface area contributed by atoms with Crippen molar-refractivity contribution in [3.8, 4) is 5.75 Å². The summed E-state index contributed by atoms with van der Waals surface area (Å²) in [5, 5.41) is 18.0. The van der Waals surface area contributed by atoms with Crippen LogP contribution in [-0.2, 0) is 11.2 Å². The van der Waals surface area contributed by atoms with E-state index in [9.17, 15) is 4.79 Å². The van der Waals surface area contributed by atoms with Gasteiger partial charge in [0.25, 0.3) is 0 Å². The summed E-state index contributed by atoms with van der Waals surface area (Å²) in [4.78, 5) is 12.9. The van der Waals surface area contributed by atoms with Gasteiger partial charge in [-0.05, 0) is 37.6 Å². The maximum absolute atomic E-state index is 11.0. The van der Waals surface area contributed by atoms with Crippen LogP contribution in [0.1, 0.15) is 25.3 Å². The summed E-state index contributed by atoms with van der Waals surface area (Å²) in [5.41, 5.74) is 1.06. The van der Waals surface area contributed by atoms with Crippen LogP contribution in [0.15, 0.2) is 24.3 Å². The van der Waals surface area contributed by atoms with Crippen molar-refractivity contribution >= 4 is 5.97 Å². The zero-order valence-corrected chi connectivity index (χ0v) is 12.8. The Morgan fingerprint density at radius 2 is 2.00 bits per heavy atom. The fraction of sp³-hybridized carbons (Fsp3) is 0.562. The predicted molar refractivity (Wildman–Crippen MR) is 81.7 cm³/mol. The highest BCUT2D eigenvalue weighted by Crippen LogP contribution is 2.16. The quantitative estimate of drug-likeness (QED) is 0.688. The third-order valence-corrected chi connectivity index (χ3v) is 3.35. The number of ether oxygens (including phenoxy) is 1. The lowest BCUT2D eigenvalue weighted by Gasteiger charge is -2.26. The van der Waals surface area contributed by atoms with Gasteiger partial charge in [-0.1, -0.05) is 19.1 Å². The highest BCUT2D eigenvalue weighted by Gasteiger charge is 2.18. The molecular formula is C16H25NO4. The van der Waals surface area contributed by atoms with Crippen LogP contribution in [0.3, 0.4) is 0 Å². The highest BCUT2D eigenvalue weighted by molar-refractivity contribution is 5.67. The van der Waals surface area contributed by atoms with Gasteiger partial charge in [-0.25, -0.2) is 0 Å². The first-order valence-electron chi connectivity index (χ1n) is 7.31. The lowest BCUT2D eigenvalue weighted by molar-refractivity contribution is -0.138. The summed E-state index contributed by atoms with van der Waals surface area (Å²) in [6.45, 7) is 3.24. The summed E-state index contributed by atoms with van der Waals surface area (Å²) >= 11 is 0. The van der Waals surface area contributed by atoms with Crippen LogP contribution in [0.4, 0.5) is 0 Å². The molecule has 2 N–H and O–H groups in total. The van der Waals surface area contributed by atoms with Crippen LogP contribution in [0, 0.1) is 0 Å². The monoisotopic (exact) mass is 295 g/mol. The standard InChI is InChI=1S/C16H25NO4/c1-3-10-21-15-6-4-13(5-7-15)11-14(12-16(19)20)17(2)8-9-18/h4-7,14,18H,3,8-12H2,1-2H3,(H,19,20). The Labute approximate surface area is 126 Å². The number of rotatable bonds is 10. The molecule has 0 radical (unpaired) electrons. The van der Waals surface area contributed by atoms with Gasteiger partial charge in [-0.3, -0.25) is 4.79 Å². The second-order valence-corrected chi connectivity index (χ2v) is 5.15. The van der Waals surface area contributed by atoms with Crippen molar-refractivity contribution in [1.29, 1.82) is 0 Å². The van der Waals surface area contributed by atoms with E-state index in [0.717, 1.165) is 17.7 Å². The highest BCUT2D eigenvalue weighted by atomic mass is 16.5. The molecule has 0 bridgehead atoms. The van der Waals surface area contributed by atoms with Crippen molar-refractivity contribution in [2.45, 2.75) is 32.2 Å². The SMILES string of the molecule is CCCOc1ccc(CC(CC(=O)O)N(C)CCO)cc1. The topological polar surface area (TPSA) is 70.0 Å². The lowest BCUT2D eigenvalue weighted by Crippen LogP contribution is -2.37. The van der Waals surface area contributed by atoms with E-state index in [4.69, 9.17) is 14.9 Å². The molecule has 5 nitrogen and oxygen atoms in total. The molecule has 0 aliphatic heterocycles. The molecule has 1 unspecified atom stereocenters. The fourth-order valence-electron chi connectivity index (χ4n) is 2.14. The molecule has 1 rings (SSSR count). The van der Waals surface area contributed by atoms with Gasteiger partial charge in [-0.15, -0.1) is 0 Å². The number of aliphatic hydroxyl groups excluding tert-OH is 1. The Bertz CT molecular complexity index is 419. The molecule has 0 heterocycles. The van der Waals surface area contributed by atoms with E-state index in [1.54, 1.807) is 0 Å². The second-order valence-electron chi connectivity index (χ2n) is 5.15. The van der Waals surface area contributed by atoms with Crippen LogP contribution in [-0.4, -0.2) is 53.9 Å². The Kier molecular flexibility index (Phi) is 7.79. The van der Waals surface area contributed by atoms with Crippen LogP contribution in [0.2, 0.25) is 0 Å². The molecule has 1 atom stereocenters. The van der Waals surface area contributed by atoms with Gasteiger partial charge in [0.1, 0.15) is 5.75 Å². The van der Waals surface area contributed by atoms with Crippen LogP contribution >= 0.6 is 0 Å². The molecule has 0 amide bonds. The number of hydrogen-bond donors (Lipinski definition) is 2. The summed E-state index contributed by atoms with van der Waals surface area (Å²) in [5.74, 6) is 0.00628. The van der Waals surface area contributed by atoms with Gasteiger partial charge < -0.3 is 19.8 Å². The molecule has 0 aromatic heterocycles. The van der Waals surface area contributed by atoms with Crippen LogP contribution in [0.5, 0.6) is 5.75 Å². The van der Waals surface area contributed by atoms with Crippen LogP contribution in [0.25, 0.3) is 0 Å². The Balaban J connectivity index is 2.66. The average Bonchev–Trinajstić information content (AvgIpc) is 2.45. The molecule has 0 fully saturated rings. The van der Waals surface area contributed by atoms with Crippen molar-refractivity contribution < 1.29 is 19.7 Å². The minimum absolute atomic E-state index is 0.0242. The van der Waals surface area contributed by atoms with E-state index in [1.807, 2.05) is 36.2 Å². The molecular weight excluding hydrogens is 270 g/mol. The fourth-order valence-corrected chi connectivity index (χ4v) is 2.14. The second kappa shape index (κ2) is 9.37. The normalized spacial score (nSPS) is 12.4. The molecule has 118 valence electrons. The molecule has 0 aliphatic rings. The molecule has 0 spiro atoms. The first-order chi connectivity index (χ1) is 10.1. The molecule has 1 aromatic carbocycles. The summed E-state index contributed by atoms with van der Waals surface area (Å²) < 4.78 is 5.53. The number of nitrogens with zero attached hydrogens (tertiary/aromatic N) is 1. The number of aliphatic hydroxyl groups is 1.